The predicted molar refractivity (Wildman–Crippen MR) is 293 cm³/mol. The van der Waals surface area contributed by atoms with Gasteiger partial charge < -0.3 is 81.6 Å². The molecule has 3 aromatic rings. The number of hydrogen-bond acceptors (Lipinski definition) is 16. The molecule has 0 aromatic heterocycles. The molecular weight excluding hydrogens is 1070 g/mol. The normalized spacial score (nSPS) is 22.1. The average Bonchev–Trinajstić information content (AvgIpc) is 3.96. The molecule has 0 aliphatic carbocycles. The van der Waals surface area contributed by atoms with Gasteiger partial charge in [-0.3, -0.25) is 57.7 Å². The summed E-state index contributed by atoms with van der Waals surface area (Å²) in [5, 5.41) is 29.5. The Bertz CT molecular complexity index is 2770. The summed E-state index contributed by atoms with van der Waals surface area (Å²) in [4.78, 5) is 155. The number of carbonyl (C=O) groups excluding carboxylic acids is 11. The number of rotatable bonds is 19. The number of phenols is 1. The van der Waals surface area contributed by atoms with Crippen LogP contribution in [0.5, 0.6) is 5.75 Å². The molecule has 3 aromatic carbocycles. The van der Waals surface area contributed by atoms with Crippen LogP contribution >= 0.6 is 21.6 Å². The molecule has 2 aliphatic rings. The van der Waals surface area contributed by atoms with Crippen molar-refractivity contribution < 1.29 is 57.8 Å². The summed E-state index contributed by atoms with van der Waals surface area (Å²) in [6.45, 7) is -0.450. The molecule has 2 aliphatic heterocycles. The van der Waals surface area contributed by atoms with Gasteiger partial charge in [-0.15, -0.1) is 0 Å². The molecule has 426 valence electrons. The summed E-state index contributed by atoms with van der Waals surface area (Å²) < 4.78 is 0. The topological polar surface area (TPSA) is 464 Å². The van der Waals surface area contributed by atoms with Crippen LogP contribution in [-0.4, -0.2) is 160 Å². The highest BCUT2D eigenvalue weighted by molar-refractivity contribution is 8.76. The number of nitrogens with two attached hydrogens (primary N) is 6. The number of primary amides is 3. The first-order valence-electron chi connectivity index (χ1n) is 25.1. The minimum Gasteiger partial charge on any atom is -0.508 e. The third-order valence-electron chi connectivity index (χ3n) is 12.6. The van der Waals surface area contributed by atoms with Crippen LogP contribution in [0.2, 0.25) is 0 Å². The number of aliphatic imine (C=N–C) groups is 1. The smallest absolute Gasteiger partial charge is 0.246 e. The van der Waals surface area contributed by atoms with Crippen LogP contribution in [-0.2, 0) is 65.6 Å². The largest absolute Gasteiger partial charge is 0.508 e. The van der Waals surface area contributed by atoms with E-state index in [9.17, 15) is 57.8 Å². The maximum Gasteiger partial charge on any atom is 0.246 e. The highest BCUT2D eigenvalue weighted by Crippen LogP contribution is 2.26. The zero-order valence-electron chi connectivity index (χ0n) is 43.0. The summed E-state index contributed by atoms with van der Waals surface area (Å²) in [6, 6.07) is 6.98. The van der Waals surface area contributed by atoms with E-state index in [1.165, 1.54) is 29.2 Å². The highest BCUT2D eigenvalue weighted by Gasteiger charge is 2.41. The van der Waals surface area contributed by atoms with Gasteiger partial charge in [0.1, 0.15) is 48.0 Å². The van der Waals surface area contributed by atoms with E-state index in [4.69, 9.17) is 34.4 Å². The number of nitrogens with one attached hydrogen (secondary N) is 7. The lowest BCUT2D eigenvalue weighted by atomic mass is 9.99. The zero-order valence-corrected chi connectivity index (χ0v) is 44.6. The van der Waals surface area contributed by atoms with Gasteiger partial charge in [0.15, 0.2) is 5.96 Å². The van der Waals surface area contributed by atoms with Crippen molar-refractivity contribution in [1.82, 2.24) is 42.1 Å². The first kappa shape index (κ1) is 61.7. The molecule has 27 nitrogen and oxygen atoms in total. The van der Waals surface area contributed by atoms with Crippen LogP contribution in [0.4, 0.5) is 0 Å². The monoisotopic (exact) mass is 1130 g/mol. The highest BCUT2D eigenvalue weighted by atomic mass is 33.1. The first-order valence-corrected chi connectivity index (χ1v) is 27.6. The molecular formula is C50H67N15O12S2. The summed E-state index contributed by atoms with van der Waals surface area (Å²) in [5.74, 6) is -10.6. The van der Waals surface area contributed by atoms with E-state index >= 15 is 0 Å². The molecule has 2 heterocycles. The molecule has 0 saturated carbocycles. The quantitative estimate of drug-likeness (QED) is 0.0234. The number of amides is 11. The Balaban J connectivity index is 1.49. The number of fused-ring (bicyclic) bond motifs is 1. The summed E-state index contributed by atoms with van der Waals surface area (Å²) >= 11 is 0. The second-order valence-electron chi connectivity index (χ2n) is 18.8. The van der Waals surface area contributed by atoms with Crippen LogP contribution in [0, 0.1) is 0 Å². The van der Waals surface area contributed by atoms with E-state index in [2.05, 4.69) is 42.2 Å². The Labute approximate surface area is 461 Å². The van der Waals surface area contributed by atoms with Crippen molar-refractivity contribution in [1.29, 1.82) is 0 Å². The van der Waals surface area contributed by atoms with Crippen molar-refractivity contribution in [2.24, 2.45) is 39.4 Å². The van der Waals surface area contributed by atoms with Crippen LogP contribution < -0.4 is 71.6 Å². The standard InChI is InChI=1S/C50H67N15O12S2/c51-31-24-78-79-25-37(49(77)65-18-4-8-38(65)48(76)60-32(7-3-17-57-50(55)56)43(71)58-23-41(54)69)64-47(75)36(22-40(53)68)63-44(72)33(15-16-39(52)67)59-45(73)35(21-27-9-12-28-5-1-2-6-29(28)19-27)62-46(74)34(61-42(31)70)20-26-10-13-30(66)14-11-26/h1-2,5-6,9-14,19,31-38,66H,3-4,7-8,15-18,20-25,51H2,(H2,52,67)(H2,53,68)(H2,54,69)(H,58,71)(H,59,73)(H,60,76)(H,61,70)(H,62,74)(H,63,72)(H,64,75)(H4,55,56,57)/t31-,32+,33-,34-,35-,36-,37-,38-/m0/s1. The molecule has 5 rings (SSSR count). The van der Waals surface area contributed by atoms with Gasteiger partial charge in [0.05, 0.1) is 19.0 Å². The Kier molecular flexibility index (Phi) is 23.5. The van der Waals surface area contributed by atoms with Crippen molar-refractivity contribution in [3.8, 4) is 5.75 Å². The Morgan fingerprint density at radius 3 is 1.95 bits per heavy atom. The maximum atomic E-state index is 14.7. The number of carbonyl (C=O) groups is 11. The van der Waals surface area contributed by atoms with Crippen LogP contribution in [0.25, 0.3) is 10.8 Å². The summed E-state index contributed by atoms with van der Waals surface area (Å²) in [7, 11) is 2.00. The van der Waals surface area contributed by atoms with E-state index in [0.717, 1.165) is 32.4 Å². The lowest BCUT2D eigenvalue weighted by molar-refractivity contribution is -0.142. The third kappa shape index (κ3) is 19.7. The summed E-state index contributed by atoms with van der Waals surface area (Å²) in [6.07, 6.45) is -1.45. The predicted octanol–water partition coefficient (Wildman–Crippen LogP) is -4.25. The third-order valence-corrected chi connectivity index (χ3v) is 15.1. The molecule has 0 radical (unpaired) electrons. The van der Waals surface area contributed by atoms with Gasteiger partial charge in [-0.05, 0) is 66.1 Å². The van der Waals surface area contributed by atoms with Gasteiger partial charge in [-0.1, -0.05) is 76.2 Å². The van der Waals surface area contributed by atoms with Crippen LogP contribution in [0.15, 0.2) is 71.7 Å². The fourth-order valence-electron chi connectivity index (χ4n) is 8.55. The van der Waals surface area contributed by atoms with Crippen LogP contribution in [0.1, 0.15) is 56.1 Å². The zero-order chi connectivity index (χ0) is 57.8. The minimum absolute atomic E-state index is 0.00129. The fourth-order valence-corrected chi connectivity index (χ4v) is 10.8. The van der Waals surface area contributed by atoms with Gasteiger partial charge in [0.25, 0.3) is 0 Å². The van der Waals surface area contributed by atoms with Crippen molar-refractivity contribution in [2.75, 3.05) is 31.1 Å². The fraction of sp³-hybridized carbons (Fsp3) is 0.440. The van der Waals surface area contributed by atoms with E-state index in [1.54, 1.807) is 12.1 Å². The van der Waals surface area contributed by atoms with Gasteiger partial charge in [-0.2, -0.15) is 0 Å². The molecule has 0 spiro atoms. The second kappa shape index (κ2) is 30.1. The number of hydrogen-bond donors (Lipinski definition) is 14. The maximum absolute atomic E-state index is 14.7. The number of guanidine groups is 1. The molecule has 2 fully saturated rings. The van der Waals surface area contributed by atoms with Gasteiger partial charge in [0.2, 0.25) is 65.0 Å². The van der Waals surface area contributed by atoms with Gasteiger partial charge in [-0.25, -0.2) is 0 Å². The van der Waals surface area contributed by atoms with E-state index in [1.807, 2.05) is 30.3 Å². The first-order chi connectivity index (χ1) is 37.6. The van der Waals surface area contributed by atoms with E-state index in [-0.39, 0.29) is 68.4 Å². The molecule has 0 bridgehead atoms. The molecule has 20 N–H and O–H groups in total. The number of benzene rings is 3. The van der Waals surface area contributed by atoms with Crippen molar-refractivity contribution in [2.45, 2.75) is 106 Å². The molecule has 79 heavy (non-hydrogen) atoms. The molecule has 2 saturated heterocycles. The van der Waals surface area contributed by atoms with Crippen molar-refractivity contribution in [3.63, 3.8) is 0 Å². The SMILES string of the molecule is NC(=O)CC[C@@H]1NC(=O)[C@H](Cc2ccc3ccccc3c2)NC(=O)[C@H](Cc2ccc(O)cc2)NC(=O)[C@@H](N)CSSC[C@@H](C(=O)N2CCC[C@H]2C(=O)N[C@H](CCCN=C(N)N)C(=O)NCC(N)=O)NC(=O)[C@H](CC(N)=O)NC1=O. The van der Waals surface area contributed by atoms with Crippen LogP contribution in [0.3, 0.4) is 0 Å². The minimum atomic E-state index is -1.81. The van der Waals surface area contributed by atoms with E-state index in [0.29, 0.717) is 17.5 Å². The second-order valence-corrected chi connectivity index (χ2v) is 21.3. The number of nitrogens with zero attached hydrogens (tertiary/aromatic N) is 2. The molecule has 11 amide bonds. The summed E-state index contributed by atoms with van der Waals surface area (Å²) in [5.41, 5.74) is 34.6. The van der Waals surface area contributed by atoms with Gasteiger partial charge >= 0.3 is 0 Å². The van der Waals surface area contributed by atoms with Crippen molar-refractivity contribution in [3.05, 3.63) is 77.9 Å². The number of likely N-dealkylation sites (tertiary alicyclic amines) is 1. The molecule has 0 unspecified atom stereocenters. The Morgan fingerprint density at radius 2 is 1.29 bits per heavy atom. The Morgan fingerprint density at radius 1 is 0.696 bits per heavy atom. The molecule has 8 atom stereocenters. The lowest BCUT2D eigenvalue weighted by Gasteiger charge is -2.31. The van der Waals surface area contributed by atoms with E-state index < -0.39 is 139 Å². The number of phenolic OH excluding ortho intramolecular Hbond substituents is 1. The lowest BCUT2D eigenvalue weighted by Crippen LogP contribution is -2.61. The number of aromatic hydroxyl groups is 1. The van der Waals surface area contributed by atoms with Gasteiger partial charge in [0, 0.05) is 43.9 Å². The Hall–Kier alpha value is -8.18. The van der Waals surface area contributed by atoms with Crippen molar-refractivity contribution >= 4 is 103 Å². The molecule has 29 heteroatoms. The average molecular weight is 1130 g/mol.